The van der Waals surface area contributed by atoms with Gasteiger partial charge < -0.3 is 10.1 Å². The Morgan fingerprint density at radius 3 is 2.86 bits per heavy atom. The highest BCUT2D eigenvalue weighted by Gasteiger charge is 2.13. The van der Waals surface area contributed by atoms with Gasteiger partial charge in [-0.25, -0.2) is 4.98 Å². The number of amides is 1. The van der Waals surface area contributed by atoms with Gasteiger partial charge in [-0.05, 0) is 30.9 Å². The first-order valence-electron chi connectivity index (χ1n) is 6.92. The zero-order chi connectivity index (χ0) is 15.2. The van der Waals surface area contributed by atoms with Gasteiger partial charge in [0.25, 0.3) is 0 Å². The lowest BCUT2D eigenvalue weighted by Gasteiger charge is -2.13. The van der Waals surface area contributed by atoms with Crippen molar-refractivity contribution in [3.8, 4) is 5.75 Å². The summed E-state index contributed by atoms with van der Waals surface area (Å²) < 4.78 is 5.35. The number of hydrogen-bond donors (Lipinski definition) is 1. The van der Waals surface area contributed by atoms with Gasteiger partial charge in [0, 0.05) is 6.42 Å². The van der Waals surface area contributed by atoms with Gasteiger partial charge in [0.05, 0.1) is 18.3 Å². The highest BCUT2D eigenvalue weighted by molar-refractivity contribution is 7.14. The fourth-order valence-electron chi connectivity index (χ4n) is 2.24. The van der Waals surface area contributed by atoms with Crippen LogP contribution in [0.5, 0.6) is 5.75 Å². The van der Waals surface area contributed by atoms with Crippen molar-refractivity contribution in [1.82, 2.24) is 4.98 Å². The first-order chi connectivity index (χ1) is 10.1. The normalized spacial score (nSPS) is 12.0. The molecule has 1 atom stereocenters. The van der Waals surface area contributed by atoms with Crippen LogP contribution in [0.4, 0.5) is 5.00 Å². The van der Waals surface area contributed by atoms with Gasteiger partial charge >= 0.3 is 0 Å². The second-order valence-corrected chi connectivity index (χ2v) is 6.00. The van der Waals surface area contributed by atoms with Gasteiger partial charge in [-0.3, -0.25) is 4.79 Å². The van der Waals surface area contributed by atoms with E-state index in [0.29, 0.717) is 6.42 Å². The summed E-state index contributed by atoms with van der Waals surface area (Å²) in [6.07, 6.45) is 1.30. The van der Waals surface area contributed by atoms with E-state index >= 15 is 0 Å². The molecule has 21 heavy (non-hydrogen) atoms. The quantitative estimate of drug-likeness (QED) is 0.886. The molecule has 0 fully saturated rings. The van der Waals surface area contributed by atoms with E-state index in [2.05, 4.69) is 17.2 Å². The number of carbonyl (C=O) groups excluding carboxylic acids is 1. The molecule has 112 valence electrons. The standard InChI is InChI=1S/C16H20N2O2S/c1-11(8-13-6-4-5-7-14(13)20-3)9-15(19)18-16-12(2)17-10-21-16/h4-7,10-11H,8-9H2,1-3H3,(H,18,19)/t11-/m1/s1. The summed E-state index contributed by atoms with van der Waals surface area (Å²) in [7, 11) is 1.67. The van der Waals surface area contributed by atoms with Gasteiger partial charge in [-0.2, -0.15) is 0 Å². The lowest BCUT2D eigenvalue weighted by atomic mass is 9.97. The van der Waals surface area contributed by atoms with Gasteiger partial charge in [-0.1, -0.05) is 25.1 Å². The summed E-state index contributed by atoms with van der Waals surface area (Å²) in [5.41, 5.74) is 3.74. The third-order valence-corrected chi connectivity index (χ3v) is 4.14. The van der Waals surface area contributed by atoms with Crippen LogP contribution in [-0.4, -0.2) is 18.0 Å². The number of hydrogen-bond acceptors (Lipinski definition) is 4. The van der Waals surface area contributed by atoms with E-state index in [1.165, 1.54) is 11.3 Å². The molecule has 2 rings (SSSR count). The Balaban J connectivity index is 1.91. The molecule has 1 heterocycles. The third kappa shape index (κ3) is 4.29. The smallest absolute Gasteiger partial charge is 0.225 e. The van der Waals surface area contributed by atoms with Crippen LogP contribution in [-0.2, 0) is 11.2 Å². The maximum Gasteiger partial charge on any atom is 0.225 e. The molecule has 0 aliphatic heterocycles. The van der Waals surface area contributed by atoms with Crippen LogP contribution in [0.25, 0.3) is 0 Å². The minimum atomic E-state index is 0.0322. The molecule has 1 aromatic carbocycles. The number of nitrogens with one attached hydrogen (secondary N) is 1. The Kier molecular flexibility index (Phi) is 5.33. The van der Waals surface area contributed by atoms with E-state index < -0.39 is 0 Å². The minimum Gasteiger partial charge on any atom is -0.496 e. The fourth-order valence-corrected chi connectivity index (χ4v) is 2.95. The van der Waals surface area contributed by atoms with E-state index in [1.54, 1.807) is 12.6 Å². The number of rotatable bonds is 6. The van der Waals surface area contributed by atoms with Crippen LogP contribution in [0.15, 0.2) is 29.8 Å². The van der Waals surface area contributed by atoms with E-state index in [0.717, 1.165) is 28.4 Å². The summed E-state index contributed by atoms with van der Waals surface area (Å²) in [4.78, 5) is 16.2. The Bertz CT molecular complexity index is 610. The molecule has 0 spiro atoms. The monoisotopic (exact) mass is 304 g/mol. The number of methoxy groups -OCH3 is 1. The zero-order valence-electron chi connectivity index (χ0n) is 12.6. The predicted molar refractivity (Wildman–Crippen MR) is 86.0 cm³/mol. The highest BCUT2D eigenvalue weighted by atomic mass is 32.1. The van der Waals surface area contributed by atoms with Gasteiger partial charge in [0.1, 0.15) is 10.8 Å². The number of aromatic nitrogens is 1. The Morgan fingerprint density at radius 2 is 2.19 bits per heavy atom. The van der Waals surface area contributed by atoms with Crippen molar-refractivity contribution in [2.75, 3.05) is 12.4 Å². The molecule has 1 N–H and O–H groups in total. The summed E-state index contributed by atoms with van der Waals surface area (Å²) in [6.45, 7) is 3.97. The van der Waals surface area contributed by atoms with Crippen molar-refractivity contribution in [3.63, 3.8) is 0 Å². The number of carbonyl (C=O) groups is 1. The molecule has 1 amide bonds. The van der Waals surface area contributed by atoms with Crippen molar-refractivity contribution >= 4 is 22.2 Å². The van der Waals surface area contributed by atoms with E-state index in [9.17, 15) is 4.79 Å². The Labute approximate surface area is 129 Å². The number of para-hydroxylation sites is 1. The molecule has 0 radical (unpaired) electrons. The summed E-state index contributed by atoms with van der Waals surface area (Å²) >= 11 is 1.45. The largest absolute Gasteiger partial charge is 0.496 e. The van der Waals surface area contributed by atoms with Crippen LogP contribution in [0.3, 0.4) is 0 Å². The van der Waals surface area contributed by atoms with E-state index in [-0.39, 0.29) is 11.8 Å². The number of thiazole rings is 1. The SMILES string of the molecule is COc1ccccc1C[C@@H](C)CC(=O)Nc1scnc1C. The molecule has 1 aromatic heterocycles. The zero-order valence-corrected chi connectivity index (χ0v) is 13.4. The molecule has 0 saturated carbocycles. The van der Waals surface area contributed by atoms with Crippen molar-refractivity contribution < 1.29 is 9.53 Å². The van der Waals surface area contributed by atoms with Crippen molar-refractivity contribution in [1.29, 1.82) is 0 Å². The lowest BCUT2D eigenvalue weighted by Crippen LogP contribution is -2.16. The molecule has 2 aromatic rings. The number of anilines is 1. The second kappa shape index (κ2) is 7.22. The maximum atomic E-state index is 12.1. The Morgan fingerprint density at radius 1 is 1.43 bits per heavy atom. The number of nitrogens with zero attached hydrogens (tertiary/aromatic N) is 1. The van der Waals surface area contributed by atoms with Gasteiger partial charge in [-0.15, -0.1) is 11.3 Å². The molecule has 5 heteroatoms. The number of aryl methyl sites for hydroxylation is 1. The second-order valence-electron chi connectivity index (χ2n) is 5.14. The van der Waals surface area contributed by atoms with E-state index in [4.69, 9.17) is 4.74 Å². The van der Waals surface area contributed by atoms with E-state index in [1.807, 2.05) is 31.2 Å². The molecular formula is C16H20N2O2S. The summed E-state index contributed by atoms with van der Waals surface area (Å²) in [6, 6.07) is 7.93. The van der Waals surface area contributed by atoms with Crippen LogP contribution in [0.2, 0.25) is 0 Å². The van der Waals surface area contributed by atoms with Crippen LogP contribution >= 0.6 is 11.3 Å². The molecule has 0 aliphatic carbocycles. The van der Waals surface area contributed by atoms with Gasteiger partial charge in [0.2, 0.25) is 5.91 Å². The van der Waals surface area contributed by atoms with Gasteiger partial charge in [0.15, 0.2) is 0 Å². The topological polar surface area (TPSA) is 51.2 Å². The van der Waals surface area contributed by atoms with Crippen LogP contribution in [0, 0.1) is 12.8 Å². The lowest BCUT2D eigenvalue weighted by molar-refractivity contribution is -0.116. The van der Waals surface area contributed by atoms with Crippen LogP contribution < -0.4 is 10.1 Å². The average Bonchev–Trinajstić information content (AvgIpc) is 2.84. The maximum absolute atomic E-state index is 12.1. The molecular weight excluding hydrogens is 284 g/mol. The molecule has 4 nitrogen and oxygen atoms in total. The molecule has 0 saturated heterocycles. The van der Waals surface area contributed by atoms with Crippen LogP contribution in [0.1, 0.15) is 24.6 Å². The molecule has 0 unspecified atom stereocenters. The summed E-state index contributed by atoms with van der Waals surface area (Å²) in [5.74, 6) is 1.15. The summed E-state index contributed by atoms with van der Waals surface area (Å²) in [5, 5.41) is 3.76. The third-order valence-electron chi connectivity index (χ3n) is 3.29. The highest BCUT2D eigenvalue weighted by Crippen LogP contribution is 2.23. The van der Waals surface area contributed by atoms with Crippen molar-refractivity contribution in [2.24, 2.45) is 5.92 Å². The van der Waals surface area contributed by atoms with Crippen molar-refractivity contribution in [3.05, 3.63) is 41.0 Å². The first-order valence-corrected chi connectivity index (χ1v) is 7.80. The predicted octanol–water partition coefficient (Wildman–Crippen LogP) is 3.67. The Hall–Kier alpha value is -1.88. The average molecular weight is 304 g/mol. The molecule has 0 bridgehead atoms. The fraction of sp³-hybridized carbons (Fsp3) is 0.375. The first kappa shape index (κ1) is 15.5. The number of ether oxygens (including phenoxy) is 1. The molecule has 0 aliphatic rings. The minimum absolute atomic E-state index is 0.0322. The number of benzene rings is 1. The van der Waals surface area contributed by atoms with Crippen molar-refractivity contribution in [2.45, 2.75) is 26.7 Å².